The fourth-order valence-electron chi connectivity index (χ4n) is 10.9. The third kappa shape index (κ3) is 4.76. The van der Waals surface area contributed by atoms with Gasteiger partial charge >= 0.3 is 0 Å². The first-order chi connectivity index (χ1) is 30.3. The molecule has 294 valence electrons. The van der Waals surface area contributed by atoms with Crippen LogP contribution in [0, 0.1) is 0 Å². The molecule has 62 heavy (non-hydrogen) atoms. The molecule has 5 heteroatoms. The van der Waals surface area contributed by atoms with Crippen molar-refractivity contribution in [1.82, 2.24) is 24.1 Å². The number of fused-ring (bicyclic) bond motifs is 12. The van der Waals surface area contributed by atoms with Gasteiger partial charge in [-0.3, -0.25) is 4.57 Å². The van der Waals surface area contributed by atoms with Crippen LogP contribution >= 0.6 is 0 Å². The van der Waals surface area contributed by atoms with Gasteiger partial charge in [-0.2, -0.15) is 9.97 Å². The molecule has 5 nitrogen and oxygen atoms in total. The number of hydrogen-bond donors (Lipinski definition) is 0. The van der Waals surface area contributed by atoms with E-state index in [2.05, 4.69) is 213 Å². The van der Waals surface area contributed by atoms with E-state index in [0.29, 0.717) is 17.6 Å². The molecule has 2 aliphatic carbocycles. The topological polar surface area (TPSA) is 48.5 Å². The van der Waals surface area contributed by atoms with Crippen molar-refractivity contribution in [3.8, 4) is 56.7 Å². The van der Waals surface area contributed by atoms with E-state index in [1.165, 1.54) is 60.8 Å². The second kappa shape index (κ2) is 12.5. The van der Waals surface area contributed by atoms with E-state index >= 15 is 0 Å². The number of nitrogens with zero attached hydrogens (tertiary/aromatic N) is 5. The summed E-state index contributed by atoms with van der Waals surface area (Å²) in [6, 6.07) is 63.8. The fraction of sp³-hybridized carbons (Fsp3) is 0.105. The average Bonchev–Trinajstić information content (AvgIpc) is 3.96. The van der Waals surface area contributed by atoms with Crippen LogP contribution in [-0.4, -0.2) is 24.1 Å². The van der Waals surface area contributed by atoms with Gasteiger partial charge in [0.15, 0.2) is 11.6 Å². The van der Waals surface area contributed by atoms with Crippen LogP contribution in [0.25, 0.3) is 100 Å². The van der Waals surface area contributed by atoms with Crippen molar-refractivity contribution in [2.45, 2.75) is 38.5 Å². The van der Waals surface area contributed by atoms with Crippen LogP contribution in [-0.2, 0) is 10.8 Å². The first-order valence-electron chi connectivity index (χ1n) is 21.5. The number of aromatic nitrogens is 5. The Labute approximate surface area is 359 Å². The van der Waals surface area contributed by atoms with E-state index in [4.69, 9.17) is 15.0 Å². The highest BCUT2D eigenvalue weighted by Gasteiger charge is 2.37. The van der Waals surface area contributed by atoms with Crippen molar-refractivity contribution >= 4 is 43.6 Å². The van der Waals surface area contributed by atoms with Gasteiger partial charge in [0.2, 0.25) is 5.95 Å². The van der Waals surface area contributed by atoms with Crippen LogP contribution in [0.5, 0.6) is 0 Å². The van der Waals surface area contributed by atoms with Crippen molar-refractivity contribution in [1.29, 1.82) is 0 Å². The van der Waals surface area contributed by atoms with Crippen molar-refractivity contribution in [2.24, 2.45) is 0 Å². The summed E-state index contributed by atoms with van der Waals surface area (Å²) in [5.74, 6) is 1.88. The summed E-state index contributed by atoms with van der Waals surface area (Å²) in [5.41, 5.74) is 17.5. The molecule has 0 aliphatic heterocycles. The van der Waals surface area contributed by atoms with Crippen LogP contribution in [0.1, 0.15) is 49.9 Å². The summed E-state index contributed by atoms with van der Waals surface area (Å²) >= 11 is 0. The fourth-order valence-corrected chi connectivity index (χ4v) is 10.9. The molecule has 11 aromatic rings. The first-order valence-corrected chi connectivity index (χ1v) is 21.5. The summed E-state index contributed by atoms with van der Waals surface area (Å²) in [4.78, 5) is 16.3. The Morgan fingerprint density at radius 2 is 0.790 bits per heavy atom. The third-order valence-electron chi connectivity index (χ3n) is 14.0. The molecule has 0 atom stereocenters. The van der Waals surface area contributed by atoms with Gasteiger partial charge < -0.3 is 4.57 Å². The van der Waals surface area contributed by atoms with Crippen molar-refractivity contribution in [2.75, 3.05) is 0 Å². The molecule has 0 saturated heterocycles. The molecule has 0 N–H and O–H groups in total. The summed E-state index contributed by atoms with van der Waals surface area (Å²) < 4.78 is 4.64. The maximum atomic E-state index is 5.47. The highest BCUT2D eigenvalue weighted by atomic mass is 15.2. The summed E-state index contributed by atoms with van der Waals surface area (Å²) in [6.07, 6.45) is 0. The monoisotopic (exact) mass is 795 g/mol. The van der Waals surface area contributed by atoms with Crippen molar-refractivity contribution < 1.29 is 0 Å². The minimum absolute atomic E-state index is 0.170. The van der Waals surface area contributed by atoms with Gasteiger partial charge in [-0.05, 0) is 93.0 Å². The Hall–Kier alpha value is -7.63. The standard InChI is InChI=1S/C57H41N5/c1-56(2)45-22-12-8-18-37(45)39-28-26-34(30-47(39)56)53-58-54(35-27-29-40-38-19-9-13-23-46(38)57(3,4)48(40)31-35)60-55(59-53)62-50-25-15-11-21-42(50)44-32-43-41-20-10-14-24-49(41)61(51(43)33-52(44)62)36-16-6-5-7-17-36/h5-33H,1-4H3. The maximum absolute atomic E-state index is 5.47. The summed E-state index contributed by atoms with van der Waals surface area (Å²) in [5, 5.41) is 4.73. The third-order valence-corrected chi connectivity index (χ3v) is 14.0. The predicted octanol–water partition coefficient (Wildman–Crippen LogP) is 14.0. The van der Waals surface area contributed by atoms with Crippen LogP contribution in [0.4, 0.5) is 0 Å². The number of para-hydroxylation sites is 3. The molecule has 0 amide bonds. The number of hydrogen-bond acceptors (Lipinski definition) is 3. The van der Waals surface area contributed by atoms with Crippen LogP contribution in [0.2, 0.25) is 0 Å². The normalized spacial score (nSPS) is 14.4. The van der Waals surface area contributed by atoms with Crippen molar-refractivity contribution in [3.05, 3.63) is 198 Å². The Morgan fingerprint density at radius 3 is 1.35 bits per heavy atom. The molecule has 0 saturated carbocycles. The van der Waals surface area contributed by atoms with Gasteiger partial charge in [0.1, 0.15) is 0 Å². The highest BCUT2D eigenvalue weighted by molar-refractivity contribution is 6.19. The summed E-state index contributed by atoms with van der Waals surface area (Å²) in [6.45, 7) is 9.29. The lowest BCUT2D eigenvalue weighted by molar-refractivity contribution is 0.660. The van der Waals surface area contributed by atoms with Gasteiger partial charge in [-0.15, -0.1) is 0 Å². The smallest absolute Gasteiger partial charge is 0.238 e. The lowest BCUT2D eigenvalue weighted by atomic mass is 9.82. The molecule has 3 aromatic heterocycles. The average molecular weight is 796 g/mol. The number of rotatable bonds is 4. The Balaban J connectivity index is 1.09. The SMILES string of the molecule is CC1(C)c2ccccc2-c2ccc(-c3nc(-c4ccc5c(c4)C(C)(C)c4ccccc4-5)nc(-n4c5ccccc5c5cc6c7ccccc7n(-c7ccccc7)c6cc54)n3)cc21. The Bertz CT molecular complexity index is 3570. The largest absolute Gasteiger partial charge is 0.309 e. The zero-order chi connectivity index (χ0) is 41.5. The Kier molecular flexibility index (Phi) is 7.07. The van der Waals surface area contributed by atoms with Gasteiger partial charge in [-0.1, -0.05) is 155 Å². The zero-order valence-corrected chi connectivity index (χ0v) is 35.0. The van der Waals surface area contributed by atoms with Crippen LogP contribution in [0.15, 0.2) is 176 Å². The molecule has 2 aliphatic rings. The number of benzene rings is 8. The molecule has 8 aromatic carbocycles. The van der Waals surface area contributed by atoms with Gasteiger partial charge in [-0.25, -0.2) is 4.98 Å². The molecule has 0 bridgehead atoms. The summed E-state index contributed by atoms with van der Waals surface area (Å²) in [7, 11) is 0. The van der Waals surface area contributed by atoms with Crippen LogP contribution < -0.4 is 0 Å². The minimum Gasteiger partial charge on any atom is -0.309 e. The van der Waals surface area contributed by atoms with E-state index in [0.717, 1.165) is 44.1 Å². The second-order valence-electron chi connectivity index (χ2n) is 18.1. The highest BCUT2D eigenvalue weighted by Crippen LogP contribution is 2.51. The predicted molar refractivity (Wildman–Crippen MR) is 255 cm³/mol. The molecular weight excluding hydrogens is 755 g/mol. The first kappa shape index (κ1) is 35.2. The lowest BCUT2D eigenvalue weighted by Crippen LogP contribution is -2.15. The van der Waals surface area contributed by atoms with E-state index in [9.17, 15) is 0 Å². The zero-order valence-electron chi connectivity index (χ0n) is 35.0. The molecule has 0 radical (unpaired) electrons. The second-order valence-corrected chi connectivity index (χ2v) is 18.1. The van der Waals surface area contributed by atoms with E-state index in [-0.39, 0.29) is 10.8 Å². The molecule has 13 rings (SSSR count). The maximum Gasteiger partial charge on any atom is 0.238 e. The quantitative estimate of drug-likeness (QED) is 0.178. The van der Waals surface area contributed by atoms with Gasteiger partial charge in [0.05, 0.1) is 22.1 Å². The molecule has 0 spiro atoms. The Morgan fingerprint density at radius 1 is 0.339 bits per heavy atom. The van der Waals surface area contributed by atoms with E-state index in [1.807, 2.05) is 0 Å². The van der Waals surface area contributed by atoms with Gasteiger partial charge in [0, 0.05) is 49.2 Å². The lowest BCUT2D eigenvalue weighted by Gasteiger charge is -2.22. The minimum atomic E-state index is -0.170. The molecule has 0 fully saturated rings. The van der Waals surface area contributed by atoms with E-state index in [1.54, 1.807) is 0 Å². The molecular formula is C57H41N5. The van der Waals surface area contributed by atoms with E-state index < -0.39 is 0 Å². The molecule has 3 heterocycles. The van der Waals surface area contributed by atoms with Crippen LogP contribution in [0.3, 0.4) is 0 Å². The van der Waals surface area contributed by atoms with Gasteiger partial charge in [0.25, 0.3) is 0 Å². The van der Waals surface area contributed by atoms with Crippen molar-refractivity contribution in [3.63, 3.8) is 0 Å². The molecule has 0 unspecified atom stereocenters.